The molecule has 0 aromatic rings. The fourth-order valence-electron chi connectivity index (χ4n) is 1.47. The summed E-state index contributed by atoms with van der Waals surface area (Å²) in [6, 6.07) is 0.690. The van der Waals surface area contributed by atoms with Crippen LogP contribution in [0.3, 0.4) is 0 Å². The minimum absolute atomic E-state index is 0.690. The summed E-state index contributed by atoms with van der Waals surface area (Å²) in [6.45, 7) is 4.21. The van der Waals surface area contributed by atoms with Crippen LogP contribution in [0.25, 0.3) is 0 Å². The van der Waals surface area contributed by atoms with E-state index in [-0.39, 0.29) is 0 Å². The zero-order valence-electron chi connectivity index (χ0n) is 7.47. The van der Waals surface area contributed by atoms with E-state index in [0.29, 0.717) is 6.04 Å². The highest BCUT2D eigenvalue weighted by Crippen LogP contribution is 2.04. The van der Waals surface area contributed by atoms with Crippen molar-refractivity contribution in [1.82, 2.24) is 10.2 Å². The molecule has 1 heterocycles. The second kappa shape index (κ2) is 4.70. The maximum atomic E-state index is 4.95. The van der Waals surface area contributed by atoms with Crippen LogP contribution < -0.4 is 5.32 Å². The number of hydrogen-bond acceptors (Lipinski definition) is 3. The van der Waals surface area contributed by atoms with E-state index >= 15 is 0 Å². The third-order valence-corrected chi connectivity index (χ3v) is 2.13. The average Bonchev–Trinajstić information content (AvgIpc) is 2.37. The van der Waals surface area contributed by atoms with E-state index in [0.717, 1.165) is 13.2 Å². The van der Waals surface area contributed by atoms with Crippen LogP contribution >= 0.6 is 0 Å². The first-order valence-electron chi connectivity index (χ1n) is 4.24. The minimum atomic E-state index is 0.690. The van der Waals surface area contributed by atoms with E-state index in [1.165, 1.54) is 19.5 Å². The normalized spacial score (nSPS) is 26.2. The number of likely N-dealkylation sites (tertiary alicyclic amines) is 1. The van der Waals surface area contributed by atoms with Crippen molar-refractivity contribution < 1.29 is 4.74 Å². The van der Waals surface area contributed by atoms with Gasteiger partial charge in [-0.25, -0.2) is 0 Å². The molecule has 1 fully saturated rings. The average molecular weight is 158 g/mol. The van der Waals surface area contributed by atoms with E-state index in [4.69, 9.17) is 4.74 Å². The molecule has 0 aliphatic carbocycles. The molecule has 1 aliphatic heterocycles. The van der Waals surface area contributed by atoms with Crippen molar-refractivity contribution in [2.45, 2.75) is 12.5 Å². The quantitative estimate of drug-likeness (QED) is 0.579. The van der Waals surface area contributed by atoms with Crippen molar-refractivity contribution in [3.63, 3.8) is 0 Å². The standard InChI is InChI=1S/C8H18N2O/c1-10-5-3-8(7-10)9-4-6-11-2/h8-9H,3-7H2,1-2H3/t8-/m0/s1. The summed E-state index contributed by atoms with van der Waals surface area (Å²) >= 11 is 0. The molecule has 0 spiro atoms. The Bertz CT molecular complexity index is 108. The fraction of sp³-hybridized carbons (Fsp3) is 1.00. The molecule has 0 radical (unpaired) electrons. The second-order valence-electron chi connectivity index (χ2n) is 3.19. The highest BCUT2D eigenvalue weighted by molar-refractivity contribution is 4.78. The molecule has 66 valence electrons. The van der Waals surface area contributed by atoms with Crippen LogP contribution in [0, 0.1) is 0 Å². The molecule has 1 rings (SSSR count). The molecule has 11 heavy (non-hydrogen) atoms. The van der Waals surface area contributed by atoms with Gasteiger partial charge in [-0.3, -0.25) is 0 Å². The van der Waals surface area contributed by atoms with Gasteiger partial charge in [0.1, 0.15) is 0 Å². The van der Waals surface area contributed by atoms with Crippen molar-refractivity contribution >= 4 is 0 Å². The van der Waals surface area contributed by atoms with Crippen LogP contribution in [0.2, 0.25) is 0 Å². The lowest BCUT2D eigenvalue weighted by atomic mass is 10.3. The Morgan fingerprint density at radius 2 is 2.45 bits per heavy atom. The Hall–Kier alpha value is -0.120. The Morgan fingerprint density at radius 3 is 3.00 bits per heavy atom. The summed E-state index contributed by atoms with van der Waals surface area (Å²) in [5, 5.41) is 3.45. The maximum absolute atomic E-state index is 4.95. The van der Waals surface area contributed by atoms with Crippen molar-refractivity contribution in [2.75, 3.05) is 40.4 Å². The highest BCUT2D eigenvalue weighted by Gasteiger charge is 2.17. The predicted molar refractivity (Wildman–Crippen MR) is 45.8 cm³/mol. The number of nitrogens with one attached hydrogen (secondary N) is 1. The Kier molecular flexibility index (Phi) is 3.83. The molecule has 3 nitrogen and oxygen atoms in total. The summed E-state index contributed by atoms with van der Waals surface area (Å²) in [7, 11) is 3.90. The number of ether oxygens (including phenoxy) is 1. The lowest BCUT2D eigenvalue weighted by Gasteiger charge is -2.11. The zero-order chi connectivity index (χ0) is 8.10. The van der Waals surface area contributed by atoms with Gasteiger partial charge >= 0.3 is 0 Å². The van der Waals surface area contributed by atoms with Crippen molar-refractivity contribution in [3.05, 3.63) is 0 Å². The molecule has 0 unspecified atom stereocenters. The van der Waals surface area contributed by atoms with Crippen molar-refractivity contribution in [2.24, 2.45) is 0 Å². The molecule has 3 heteroatoms. The van der Waals surface area contributed by atoms with E-state index in [9.17, 15) is 0 Å². The van der Waals surface area contributed by atoms with Gasteiger partial charge < -0.3 is 15.0 Å². The molecular formula is C8H18N2O. The highest BCUT2D eigenvalue weighted by atomic mass is 16.5. The lowest BCUT2D eigenvalue weighted by molar-refractivity contribution is 0.195. The van der Waals surface area contributed by atoms with E-state index in [1.54, 1.807) is 7.11 Å². The van der Waals surface area contributed by atoms with Gasteiger partial charge in [0.05, 0.1) is 6.61 Å². The first kappa shape index (κ1) is 8.97. The summed E-state index contributed by atoms with van der Waals surface area (Å²) < 4.78 is 4.95. The smallest absolute Gasteiger partial charge is 0.0587 e. The van der Waals surface area contributed by atoms with E-state index in [2.05, 4.69) is 17.3 Å². The number of likely N-dealkylation sites (N-methyl/N-ethyl adjacent to an activating group) is 1. The van der Waals surface area contributed by atoms with E-state index in [1.807, 2.05) is 0 Å². The van der Waals surface area contributed by atoms with Gasteiger partial charge in [0.25, 0.3) is 0 Å². The molecule has 0 saturated carbocycles. The van der Waals surface area contributed by atoms with Gasteiger partial charge in [0.15, 0.2) is 0 Å². The third kappa shape index (κ3) is 3.18. The zero-order valence-corrected chi connectivity index (χ0v) is 7.47. The first-order valence-corrected chi connectivity index (χ1v) is 4.24. The Morgan fingerprint density at radius 1 is 1.64 bits per heavy atom. The molecule has 0 bridgehead atoms. The third-order valence-electron chi connectivity index (χ3n) is 2.13. The van der Waals surface area contributed by atoms with E-state index < -0.39 is 0 Å². The van der Waals surface area contributed by atoms with Crippen LogP contribution in [0.1, 0.15) is 6.42 Å². The minimum Gasteiger partial charge on any atom is -0.383 e. The van der Waals surface area contributed by atoms with Gasteiger partial charge in [-0.1, -0.05) is 0 Å². The number of methoxy groups -OCH3 is 1. The summed E-state index contributed by atoms with van der Waals surface area (Å²) in [5.41, 5.74) is 0. The monoisotopic (exact) mass is 158 g/mol. The van der Waals surface area contributed by atoms with Crippen LogP contribution in [0.5, 0.6) is 0 Å². The maximum Gasteiger partial charge on any atom is 0.0587 e. The molecule has 0 aromatic heterocycles. The number of rotatable bonds is 4. The molecule has 0 aromatic carbocycles. The molecule has 1 N–H and O–H groups in total. The predicted octanol–water partition coefficient (Wildman–Crippen LogP) is -0.0735. The molecule has 0 amide bonds. The SMILES string of the molecule is COCCN[C@H]1CCN(C)C1. The first-order chi connectivity index (χ1) is 5.33. The summed E-state index contributed by atoms with van der Waals surface area (Å²) in [5.74, 6) is 0. The van der Waals surface area contributed by atoms with Gasteiger partial charge in [0.2, 0.25) is 0 Å². The Balaban J connectivity index is 1.99. The van der Waals surface area contributed by atoms with Gasteiger partial charge in [-0.15, -0.1) is 0 Å². The molecule has 1 atom stereocenters. The fourth-order valence-corrected chi connectivity index (χ4v) is 1.47. The number of nitrogens with zero attached hydrogens (tertiary/aromatic N) is 1. The number of hydrogen-bond donors (Lipinski definition) is 1. The largest absolute Gasteiger partial charge is 0.383 e. The topological polar surface area (TPSA) is 24.5 Å². The Labute approximate surface area is 68.7 Å². The molecule has 1 saturated heterocycles. The van der Waals surface area contributed by atoms with Gasteiger partial charge in [-0.2, -0.15) is 0 Å². The van der Waals surface area contributed by atoms with Gasteiger partial charge in [-0.05, 0) is 20.0 Å². The van der Waals surface area contributed by atoms with Crippen molar-refractivity contribution in [1.29, 1.82) is 0 Å². The van der Waals surface area contributed by atoms with Crippen LogP contribution in [-0.4, -0.2) is 51.3 Å². The summed E-state index contributed by atoms with van der Waals surface area (Å²) in [6.07, 6.45) is 1.28. The van der Waals surface area contributed by atoms with Crippen molar-refractivity contribution in [3.8, 4) is 0 Å². The van der Waals surface area contributed by atoms with Gasteiger partial charge in [0, 0.05) is 26.2 Å². The van der Waals surface area contributed by atoms with Crippen LogP contribution in [0.4, 0.5) is 0 Å². The van der Waals surface area contributed by atoms with Crippen LogP contribution in [-0.2, 0) is 4.74 Å². The molecule has 1 aliphatic rings. The lowest BCUT2D eigenvalue weighted by Crippen LogP contribution is -2.33. The van der Waals surface area contributed by atoms with Crippen LogP contribution in [0.15, 0.2) is 0 Å². The summed E-state index contributed by atoms with van der Waals surface area (Å²) in [4.78, 5) is 2.35. The second-order valence-corrected chi connectivity index (χ2v) is 3.19. The molecular weight excluding hydrogens is 140 g/mol.